The van der Waals surface area contributed by atoms with Gasteiger partial charge in [-0.2, -0.15) is 0 Å². The Morgan fingerprint density at radius 2 is 1.48 bits per heavy atom. The van der Waals surface area contributed by atoms with Crippen molar-refractivity contribution in [2.45, 2.75) is 26.1 Å². The van der Waals surface area contributed by atoms with E-state index in [4.69, 9.17) is 9.47 Å². The van der Waals surface area contributed by atoms with E-state index < -0.39 is 24.1 Å². The molecule has 0 spiro atoms. The van der Waals surface area contributed by atoms with E-state index in [1.165, 1.54) is 6.92 Å². The van der Waals surface area contributed by atoms with Crippen LogP contribution in [0.1, 0.15) is 13.8 Å². The number of benzene rings is 3. The van der Waals surface area contributed by atoms with Crippen LogP contribution >= 0.6 is 0 Å². The van der Waals surface area contributed by atoms with Gasteiger partial charge in [-0.25, -0.2) is 4.79 Å². The summed E-state index contributed by atoms with van der Waals surface area (Å²) < 4.78 is 10.7. The standard InChI is InChI=1S/C22H21NO4/c1-15(27-22(25)16(2)26-20-10-4-3-5-11-20)21(24)23-19-13-12-17-8-6-7-9-18(17)14-19/h3-16H,1-2H3,(H,23,24). The first-order chi connectivity index (χ1) is 13.0. The quantitative estimate of drug-likeness (QED) is 0.668. The van der Waals surface area contributed by atoms with E-state index in [0.717, 1.165) is 10.8 Å². The van der Waals surface area contributed by atoms with E-state index in [1.54, 1.807) is 19.1 Å². The summed E-state index contributed by atoms with van der Waals surface area (Å²) in [7, 11) is 0. The Hall–Kier alpha value is -3.34. The second-order valence-corrected chi connectivity index (χ2v) is 6.20. The molecule has 0 bridgehead atoms. The van der Waals surface area contributed by atoms with E-state index >= 15 is 0 Å². The van der Waals surface area contributed by atoms with Gasteiger partial charge in [-0.15, -0.1) is 0 Å². The van der Waals surface area contributed by atoms with Gasteiger partial charge in [-0.3, -0.25) is 4.79 Å². The van der Waals surface area contributed by atoms with Gasteiger partial charge in [0.05, 0.1) is 0 Å². The Bertz CT molecular complexity index is 939. The van der Waals surface area contributed by atoms with Gasteiger partial charge in [0.15, 0.2) is 12.2 Å². The van der Waals surface area contributed by atoms with E-state index in [1.807, 2.05) is 60.7 Å². The number of esters is 1. The number of nitrogens with one attached hydrogen (secondary N) is 1. The van der Waals surface area contributed by atoms with Crippen molar-refractivity contribution in [3.8, 4) is 5.75 Å². The molecular formula is C22H21NO4. The molecule has 0 saturated heterocycles. The number of carbonyl (C=O) groups is 2. The highest BCUT2D eigenvalue weighted by Gasteiger charge is 2.23. The fraction of sp³-hybridized carbons (Fsp3) is 0.182. The Morgan fingerprint density at radius 1 is 0.815 bits per heavy atom. The number of ether oxygens (including phenoxy) is 2. The highest BCUT2D eigenvalue weighted by Crippen LogP contribution is 2.19. The van der Waals surface area contributed by atoms with Crippen LogP contribution in [-0.4, -0.2) is 24.1 Å². The predicted octanol–water partition coefficient (Wildman–Crippen LogP) is 4.18. The Labute approximate surface area is 157 Å². The number of hydrogen-bond acceptors (Lipinski definition) is 4. The van der Waals surface area contributed by atoms with Crippen LogP contribution < -0.4 is 10.1 Å². The molecule has 0 fully saturated rings. The molecule has 2 unspecified atom stereocenters. The zero-order valence-electron chi connectivity index (χ0n) is 15.2. The molecule has 27 heavy (non-hydrogen) atoms. The summed E-state index contributed by atoms with van der Waals surface area (Å²) in [5, 5.41) is 4.87. The molecule has 1 N–H and O–H groups in total. The first-order valence-corrected chi connectivity index (χ1v) is 8.75. The molecule has 3 aromatic rings. The Kier molecular flexibility index (Phi) is 5.71. The van der Waals surface area contributed by atoms with Crippen molar-refractivity contribution in [1.82, 2.24) is 0 Å². The minimum Gasteiger partial charge on any atom is -0.479 e. The topological polar surface area (TPSA) is 64.6 Å². The largest absolute Gasteiger partial charge is 0.479 e. The monoisotopic (exact) mass is 363 g/mol. The van der Waals surface area contributed by atoms with Crippen molar-refractivity contribution in [3.05, 3.63) is 72.8 Å². The van der Waals surface area contributed by atoms with Gasteiger partial charge < -0.3 is 14.8 Å². The van der Waals surface area contributed by atoms with Crippen LogP contribution in [-0.2, 0) is 14.3 Å². The zero-order valence-corrected chi connectivity index (χ0v) is 15.2. The molecule has 0 radical (unpaired) electrons. The average molecular weight is 363 g/mol. The van der Waals surface area contributed by atoms with E-state index in [-0.39, 0.29) is 0 Å². The second kappa shape index (κ2) is 8.36. The average Bonchev–Trinajstić information content (AvgIpc) is 2.68. The maximum absolute atomic E-state index is 12.3. The van der Waals surface area contributed by atoms with Crippen molar-refractivity contribution < 1.29 is 19.1 Å². The van der Waals surface area contributed by atoms with Crippen molar-refractivity contribution in [2.24, 2.45) is 0 Å². The van der Waals surface area contributed by atoms with Crippen LogP contribution in [0.3, 0.4) is 0 Å². The van der Waals surface area contributed by atoms with Gasteiger partial charge >= 0.3 is 5.97 Å². The molecule has 1 amide bonds. The number of para-hydroxylation sites is 1. The number of fused-ring (bicyclic) bond motifs is 1. The molecule has 5 nitrogen and oxygen atoms in total. The van der Waals surface area contributed by atoms with Crippen molar-refractivity contribution in [2.75, 3.05) is 5.32 Å². The van der Waals surface area contributed by atoms with Gasteiger partial charge in [0.2, 0.25) is 0 Å². The van der Waals surface area contributed by atoms with E-state index in [0.29, 0.717) is 11.4 Å². The number of hydrogen-bond donors (Lipinski definition) is 1. The van der Waals surface area contributed by atoms with Crippen LogP contribution in [0.5, 0.6) is 5.75 Å². The molecule has 5 heteroatoms. The maximum Gasteiger partial charge on any atom is 0.347 e. The molecule has 0 saturated carbocycles. The number of rotatable bonds is 6. The molecule has 0 heterocycles. The first-order valence-electron chi connectivity index (χ1n) is 8.75. The van der Waals surface area contributed by atoms with E-state index in [9.17, 15) is 9.59 Å². The molecule has 0 aromatic heterocycles. The van der Waals surface area contributed by atoms with Crippen molar-refractivity contribution in [3.63, 3.8) is 0 Å². The highest BCUT2D eigenvalue weighted by atomic mass is 16.6. The normalized spacial score (nSPS) is 12.8. The lowest BCUT2D eigenvalue weighted by Crippen LogP contribution is -2.35. The molecule has 0 aliphatic rings. The smallest absolute Gasteiger partial charge is 0.347 e. The maximum atomic E-state index is 12.3. The summed E-state index contributed by atoms with van der Waals surface area (Å²) >= 11 is 0. The van der Waals surface area contributed by atoms with Gasteiger partial charge in [0.25, 0.3) is 5.91 Å². The zero-order chi connectivity index (χ0) is 19.2. The van der Waals surface area contributed by atoms with E-state index in [2.05, 4.69) is 5.32 Å². The molecule has 2 atom stereocenters. The number of anilines is 1. The third-order valence-electron chi connectivity index (χ3n) is 4.07. The van der Waals surface area contributed by atoms with Crippen LogP contribution in [0.25, 0.3) is 10.8 Å². The minimum absolute atomic E-state index is 0.398. The van der Waals surface area contributed by atoms with Gasteiger partial charge in [-0.1, -0.05) is 48.5 Å². The van der Waals surface area contributed by atoms with Gasteiger partial charge in [-0.05, 0) is 48.9 Å². The molecular weight excluding hydrogens is 342 g/mol. The van der Waals surface area contributed by atoms with Crippen LogP contribution in [0.2, 0.25) is 0 Å². The minimum atomic E-state index is -0.939. The first kappa shape index (κ1) is 18.5. The number of amides is 1. The molecule has 0 aliphatic heterocycles. The van der Waals surface area contributed by atoms with Crippen LogP contribution in [0.15, 0.2) is 72.8 Å². The summed E-state index contributed by atoms with van der Waals surface area (Å²) in [4.78, 5) is 24.5. The van der Waals surface area contributed by atoms with Gasteiger partial charge in [0, 0.05) is 5.69 Å². The second-order valence-electron chi connectivity index (χ2n) is 6.20. The lowest BCUT2D eigenvalue weighted by molar-refractivity contribution is -0.159. The summed E-state index contributed by atoms with van der Waals surface area (Å²) in [5.41, 5.74) is 0.648. The Balaban J connectivity index is 1.56. The Morgan fingerprint density at radius 3 is 2.22 bits per heavy atom. The fourth-order valence-corrected chi connectivity index (χ4v) is 2.59. The van der Waals surface area contributed by atoms with Crippen LogP contribution in [0, 0.1) is 0 Å². The highest BCUT2D eigenvalue weighted by molar-refractivity contribution is 5.97. The van der Waals surface area contributed by atoms with Crippen LogP contribution in [0.4, 0.5) is 5.69 Å². The van der Waals surface area contributed by atoms with Crippen molar-refractivity contribution >= 4 is 28.3 Å². The van der Waals surface area contributed by atoms with Gasteiger partial charge in [0.1, 0.15) is 5.75 Å². The lowest BCUT2D eigenvalue weighted by Gasteiger charge is -2.18. The third kappa shape index (κ3) is 4.85. The fourth-order valence-electron chi connectivity index (χ4n) is 2.59. The third-order valence-corrected chi connectivity index (χ3v) is 4.07. The molecule has 3 rings (SSSR count). The summed E-state index contributed by atoms with van der Waals surface area (Å²) in [6.07, 6.45) is -1.76. The summed E-state index contributed by atoms with van der Waals surface area (Å²) in [6, 6.07) is 22.5. The summed E-state index contributed by atoms with van der Waals surface area (Å²) in [5.74, 6) is -0.430. The lowest BCUT2D eigenvalue weighted by atomic mass is 10.1. The van der Waals surface area contributed by atoms with Crippen molar-refractivity contribution in [1.29, 1.82) is 0 Å². The molecule has 3 aromatic carbocycles. The predicted molar refractivity (Wildman–Crippen MR) is 105 cm³/mol. The summed E-state index contributed by atoms with van der Waals surface area (Å²) in [6.45, 7) is 3.12. The molecule has 138 valence electrons. The number of carbonyl (C=O) groups excluding carboxylic acids is 2. The SMILES string of the molecule is CC(OC(=O)C(C)Oc1ccccc1)C(=O)Nc1ccc2ccccc2c1. The molecule has 0 aliphatic carbocycles.